The van der Waals surface area contributed by atoms with Crippen LogP contribution in [0.4, 0.5) is 10.1 Å². The summed E-state index contributed by atoms with van der Waals surface area (Å²) in [6.07, 6.45) is 1.33. The molecular formula is C11H10ClFN4O2. The Bertz CT molecular complexity index is 602. The van der Waals surface area contributed by atoms with Crippen LogP contribution in [0.2, 0.25) is 5.02 Å². The number of halogens is 2. The van der Waals surface area contributed by atoms with Crippen LogP contribution in [0.1, 0.15) is 10.5 Å². The Morgan fingerprint density at radius 1 is 1.53 bits per heavy atom. The minimum atomic E-state index is -1.12. The van der Waals surface area contributed by atoms with Gasteiger partial charge in [-0.2, -0.15) is 0 Å². The lowest BCUT2D eigenvalue weighted by Gasteiger charge is -2.07. The van der Waals surface area contributed by atoms with E-state index in [1.807, 2.05) is 0 Å². The average Bonchev–Trinajstić information content (AvgIpc) is 2.81. The normalized spacial score (nSPS) is 10.4. The molecule has 100 valence electrons. The summed E-state index contributed by atoms with van der Waals surface area (Å²) >= 11 is 5.84. The van der Waals surface area contributed by atoms with E-state index in [1.54, 1.807) is 0 Å². The maximum absolute atomic E-state index is 12.8. The van der Waals surface area contributed by atoms with E-state index in [2.05, 4.69) is 15.6 Å². The summed E-state index contributed by atoms with van der Waals surface area (Å²) in [6.45, 7) is 0.863. The van der Waals surface area contributed by atoms with Crippen LogP contribution >= 0.6 is 11.6 Å². The molecule has 2 aromatic rings. The molecule has 0 radical (unpaired) electrons. The highest BCUT2D eigenvalue weighted by molar-refractivity contribution is 6.33. The van der Waals surface area contributed by atoms with Crippen molar-refractivity contribution in [3.8, 4) is 0 Å². The standard InChI is InChI=1S/C11H10ClFN4O2/c12-8-5-7(13)1-2-9(8)14-3-4-17-6-10(11(18)19)15-16-17/h1-2,5-6,14H,3-4H2,(H,18,19). The van der Waals surface area contributed by atoms with Crippen molar-refractivity contribution in [1.29, 1.82) is 0 Å². The van der Waals surface area contributed by atoms with Gasteiger partial charge in [-0.25, -0.2) is 13.9 Å². The first-order chi connectivity index (χ1) is 9.06. The zero-order chi connectivity index (χ0) is 13.8. The minimum Gasteiger partial charge on any atom is -0.476 e. The summed E-state index contributed by atoms with van der Waals surface area (Å²) in [4.78, 5) is 10.6. The van der Waals surface area contributed by atoms with Gasteiger partial charge in [0.1, 0.15) is 5.82 Å². The van der Waals surface area contributed by atoms with Crippen molar-refractivity contribution in [3.05, 3.63) is 40.9 Å². The summed E-state index contributed by atoms with van der Waals surface area (Å²) in [5, 5.41) is 19.1. The first-order valence-electron chi connectivity index (χ1n) is 5.38. The molecule has 0 unspecified atom stereocenters. The molecular weight excluding hydrogens is 275 g/mol. The first-order valence-corrected chi connectivity index (χ1v) is 5.76. The molecule has 0 bridgehead atoms. The molecule has 0 spiro atoms. The fourth-order valence-electron chi connectivity index (χ4n) is 1.44. The number of nitrogens with one attached hydrogen (secondary N) is 1. The lowest BCUT2D eigenvalue weighted by atomic mass is 10.3. The molecule has 1 heterocycles. The van der Waals surface area contributed by atoms with Gasteiger partial charge >= 0.3 is 5.97 Å². The van der Waals surface area contributed by atoms with E-state index in [0.29, 0.717) is 18.8 Å². The van der Waals surface area contributed by atoms with Crippen LogP contribution in [0.15, 0.2) is 24.4 Å². The number of aromatic carboxylic acids is 1. The molecule has 1 aromatic carbocycles. The lowest BCUT2D eigenvalue weighted by molar-refractivity contribution is 0.0690. The first kappa shape index (κ1) is 13.3. The van der Waals surface area contributed by atoms with E-state index in [4.69, 9.17) is 16.7 Å². The molecule has 0 atom stereocenters. The van der Waals surface area contributed by atoms with Crippen LogP contribution in [-0.4, -0.2) is 32.6 Å². The molecule has 6 nitrogen and oxygen atoms in total. The minimum absolute atomic E-state index is 0.111. The van der Waals surface area contributed by atoms with E-state index in [9.17, 15) is 9.18 Å². The van der Waals surface area contributed by atoms with Gasteiger partial charge in [0, 0.05) is 6.54 Å². The molecule has 0 aliphatic rings. The molecule has 1 aromatic heterocycles. The Kier molecular flexibility index (Phi) is 3.96. The molecule has 0 amide bonds. The Labute approximate surface area is 112 Å². The van der Waals surface area contributed by atoms with Gasteiger partial charge in [-0.3, -0.25) is 0 Å². The van der Waals surface area contributed by atoms with Crippen LogP contribution in [0.5, 0.6) is 0 Å². The van der Waals surface area contributed by atoms with Gasteiger partial charge in [-0.05, 0) is 18.2 Å². The summed E-state index contributed by atoms with van der Waals surface area (Å²) in [5.41, 5.74) is 0.487. The largest absolute Gasteiger partial charge is 0.476 e. The summed E-state index contributed by atoms with van der Waals surface area (Å²) < 4.78 is 14.2. The topological polar surface area (TPSA) is 80.0 Å². The molecule has 0 saturated carbocycles. The fraction of sp³-hybridized carbons (Fsp3) is 0.182. The molecule has 2 N–H and O–H groups in total. The maximum Gasteiger partial charge on any atom is 0.358 e. The number of rotatable bonds is 5. The molecule has 0 aliphatic heterocycles. The number of carboxylic acid groups (broad SMARTS) is 1. The van der Waals surface area contributed by atoms with Gasteiger partial charge < -0.3 is 10.4 Å². The Morgan fingerprint density at radius 3 is 2.95 bits per heavy atom. The Balaban J connectivity index is 1.90. The van der Waals surface area contributed by atoms with Crippen LogP contribution in [0.3, 0.4) is 0 Å². The van der Waals surface area contributed by atoms with Crippen LogP contribution < -0.4 is 5.32 Å². The van der Waals surface area contributed by atoms with Crippen molar-refractivity contribution in [3.63, 3.8) is 0 Å². The van der Waals surface area contributed by atoms with Crippen LogP contribution in [-0.2, 0) is 6.54 Å². The maximum atomic E-state index is 12.8. The molecule has 0 fully saturated rings. The number of carbonyl (C=O) groups is 1. The highest BCUT2D eigenvalue weighted by Crippen LogP contribution is 2.21. The van der Waals surface area contributed by atoms with E-state index >= 15 is 0 Å². The number of hydrogen-bond donors (Lipinski definition) is 2. The number of hydrogen-bond acceptors (Lipinski definition) is 4. The van der Waals surface area contributed by atoms with Crippen molar-refractivity contribution in [2.24, 2.45) is 0 Å². The predicted molar refractivity (Wildman–Crippen MR) is 66.9 cm³/mol. The third kappa shape index (κ3) is 3.41. The fourth-order valence-corrected chi connectivity index (χ4v) is 1.68. The predicted octanol–water partition coefficient (Wildman–Crippen LogP) is 1.88. The van der Waals surface area contributed by atoms with Gasteiger partial charge in [0.2, 0.25) is 0 Å². The summed E-state index contributed by atoms with van der Waals surface area (Å²) in [6, 6.07) is 4.04. The SMILES string of the molecule is O=C(O)c1cn(CCNc2ccc(F)cc2Cl)nn1. The third-order valence-corrected chi connectivity index (χ3v) is 2.66. The zero-order valence-electron chi connectivity index (χ0n) is 9.68. The summed E-state index contributed by atoms with van der Waals surface area (Å²) in [7, 11) is 0. The molecule has 0 saturated heterocycles. The van der Waals surface area contributed by atoms with Gasteiger partial charge in [0.05, 0.1) is 23.5 Å². The van der Waals surface area contributed by atoms with E-state index < -0.39 is 11.8 Å². The second-order valence-corrected chi connectivity index (χ2v) is 4.13. The quantitative estimate of drug-likeness (QED) is 0.876. The number of benzene rings is 1. The molecule has 2 rings (SSSR count). The molecule has 19 heavy (non-hydrogen) atoms. The van der Waals surface area contributed by atoms with Crippen molar-refractivity contribution >= 4 is 23.3 Å². The highest BCUT2D eigenvalue weighted by Gasteiger charge is 2.07. The smallest absolute Gasteiger partial charge is 0.358 e. The van der Waals surface area contributed by atoms with Gasteiger partial charge in [-0.1, -0.05) is 16.8 Å². The molecule has 8 heteroatoms. The van der Waals surface area contributed by atoms with Gasteiger partial charge in [0.15, 0.2) is 5.69 Å². The zero-order valence-corrected chi connectivity index (χ0v) is 10.4. The number of anilines is 1. The number of aromatic nitrogens is 3. The van der Waals surface area contributed by atoms with Gasteiger partial charge in [-0.15, -0.1) is 5.10 Å². The second kappa shape index (κ2) is 5.66. The van der Waals surface area contributed by atoms with Crippen molar-refractivity contribution < 1.29 is 14.3 Å². The van der Waals surface area contributed by atoms with E-state index in [-0.39, 0.29) is 10.7 Å². The lowest BCUT2D eigenvalue weighted by Crippen LogP contribution is -2.11. The van der Waals surface area contributed by atoms with Crippen LogP contribution in [0.25, 0.3) is 0 Å². The molecule has 0 aliphatic carbocycles. The Hall–Kier alpha value is -2.15. The van der Waals surface area contributed by atoms with E-state index in [1.165, 1.54) is 29.1 Å². The average molecular weight is 285 g/mol. The monoisotopic (exact) mass is 284 g/mol. The highest BCUT2D eigenvalue weighted by atomic mass is 35.5. The Morgan fingerprint density at radius 2 is 2.32 bits per heavy atom. The van der Waals surface area contributed by atoms with Gasteiger partial charge in [0.25, 0.3) is 0 Å². The number of carboxylic acids is 1. The van der Waals surface area contributed by atoms with Crippen molar-refractivity contribution in [2.75, 3.05) is 11.9 Å². The second-order valence-electron chi connectivity index (χ2n) is 3.72. The van der Waals surface area contributed by atoms with Crippen molar-refractivity contribution in [2.45, 2.75) is 6.54 Å². The third-order valence-electron chi connectivity index (χ3n) is 2.35. The number of nitrogens with zero attached hydrogens (tertiary/aromatic N) is 3. The van der Waals surface area contributed by atoms with Crippen molar-refractivity contribution in [1.82, 2.24) is 15.0 Å². The van der Waals surface area contributed by atoms with E-state index in [0.717, 1.165) is 0 Å². The van der Waals surface area contributed by atoms with Crippen LogP contribution in [0, 0.1) is 5.82 Å². The summed E-state index contributed by atoms with van der Waals surface area (Å²) in [5.74, 6) is -1.53.